The third-order valence-electron chi connectivity index (χ3n) is 3.73. The average Bonchev–Trinajstić information content (AvgIpc) is 3.18. The van der Waals surface area contributed by atoms with Crippen molar-refractivity contribution in [2.75, 3.05) is 5.75 Å². The summed E-state index contributed by atoms with van der Waals surface area (Å²) in [7, 11) is 0. The van der Waals surface area contributed by atoms with Gasteiger partial charge in [-0.05, 0) is 18.2 Å². The molecule has 1 N–H and O–H groups in total. The number of epoxide rings is 1. The van der Waals surface area contributed by atoms with Crippen LogP contribution in [-0.4, -0.2) is 33.5 Å². The highest BCUT2D eigenvalue weighted by Crippen LogP contribution is 2.54. The number of phenolic OH excluding ortho intramolecular Hbond substituents is 1. The van der Waals surface area contributed by atoms with E-state index in [1.165, 1.54) is 17.8 Å². The number of unbranched alkanes of at least 4 members (excludes halogenated alkanes) is 2. The van der Waals surface area contributed by atoms with Gasteiger partial charge in [-0.15, -0.1) is 11.8 Å². The topological polar surface area (TPSA) is 66.9 Å². The lowest BCUT2D eigenvalue weighted by Gasteiger charge is -2.18. The van der Waals surface area contributed by atoms with Gasteiger partial charge in [0.05, 0.1) is 5.56 Å². The first-order chi connectivity index (χ1) is 9.62. The summed E-state index contributed by atoms with van der Waals surface area (Å²) in [4.78, 5) is 23.8. The second kappa shape index (κ2) is 4.90. The second-order valence-corrected chi connectivity index (χ2v) is 6.42. The highest BCUT2D eigenvalue weighted by molar-refractivity contribution is 8.01. The van der Waals surface area contributed by atoms with Gasteiger partial charge in [-0.3, -0.25) is 9.59 Å². The van der Waals surface area contributed by atoms with Crippen LogP contribution in [0.5, 0.6) is 5.75 Å². The molecule has 1 aliphatic heterocycles. The molecule has 1 saturated heterocycles. The van der Waals surface area contributed by atoms with Crippen molar-refractivity contribution in [3.63, 3.8) is 0 Å². The van der Waals surface area contributed by atoms with Crippen molar-refractivity contribution in [2.24, 2.45) is 0 Å². The largest absolute Gasteiger partial charge is 0.507 e. The van der Waals surface area contributed by atoms with E-state index in [4.69, 9.17) is 4.74 Å². The first-order valence-corrected chi connectivity index (χ1v) is 7.83. The molecule has 0 bridgehead atoms. The zero-order valence-corrected chi connectivity index (χ0v) is 12.0. The number of hydrogen-bond acceptors (Lipinski definition) is 5. The molecule has 3 rings (SSSR count). The Morgan fingerprint density at radius 3 is 2.90 bits per heavy atom. The van der Waals surface area contributed by atoms with Gasteiger partial charge >= 0.3 is 0 Å². The minimum atomic E-state index is -1.02. The van der Waals surface area contributed by atoms with Gasteiger partial charge in [0.25, 0.3) is 0 Å². The van der Waals surface area contributed by atoms with Gasteiger partial charge in [-0.1, -0.05) is 31.9 Å². The van der Waals surface area contributed by atoms with Crippen molar-refractivity contribution in [1.82, 2.24) is 0 Å². The number of phenols is 1. The third-order valence-corrected chi connectivity index (χ3v) is 5.15. The van der Waals surface area contributed by atoms with E-state index in [0.29, 0.717) is 0 Å². The van der Waals surface area contributed by atoms with Gasteiger partial charge in [-0.2, -0.15) is 0 Å². The molecule has 4 nitrogen and oxygen atoms in total. The minimum Gasteiger partial charge on any atom is -0.507 e. The highest BCUT2D eigenvalue weighted by Gasteiger charge is 2.69. The summed E-state index contributed by atoms with van der Waals surface area (Å²) in [5.41, 5.74) is 0.400. The maximum atomic E-state index is 12.5. The quantitative estimate of drug-likeness (QED) is 0.667. The van der Waals surface area contributed by atoms with E-state index in [9.17, 15) is 14.7 Å². The molecule has 0 radical (unpaired) electrons. The third kappa shape index (κ3) is 1.88. The fraction of sp³-hybridized carbons (Fsp3) is 0.467. The molecule has 2 aliphatic rings. The number of ketones is 2. The first-order valence-electron chi connectivity index (χ1n) is 6.84. The van der Waals surface area contributed by atoms with E-state index < -0.39 is 11.0 Å². The molecular weight excluding hydrogens is 276 g/mol. The molecule has 2 atom stereocenters. The van der Waals surface area contributed by atoms with E-state index in [1.807, 2.05) is 0 Å². The number of benzene rings is 1. The molecule has 0 spiro atoms. The predicted octanol–water partition coefficient (Wildman–Crippen LogP) is 2.79. The molecule has 1 aliphatic carbocycles. The molecule has 1 fully saturated rings. The fourth-order valence-corrected chi connectivity index (χ4v) is 3.91. The maximum absolute atomic E-state index is 12.5. The van der Waals surface area contributed by atoms with Crippen molar-refractivity contribution >= 4 is 23.3 Å². The standard InChI is InChI=1S/C15H16O4S/c1-2-3-4-8-20-15-13(18)9-6-5-7-10(16)11(9)12(17)14(15)19-15/h5-7,14,16H,2-4,8H2,1H3. The SMILES string of the molecule is CCCCCSC12OC1C(=O)c1c(O)cccc1C2=O. The lowest BCUT2D eigenvalue weighted by Crippen LogP contribution is -2.34. The van der Waals surface area contributed by atoms with Crippen LogP contribution in [0.3, 0.4) is 0 Å². The number of thioether (sulfide) groups is 1. The van der Waals surface area contributed by atoms with Crippen molar-refractivity contribution in [2.45, 2.75) is 37.2 Å². The van der Waals surface area contributed by atoms with Gasteiger partial charge in [0, 0.05) is 5.56 Å². The average molecular weight is 292 g/mol. The Morgan fingerprint density at radius 2 is 2.15 bits per heavy atom. The summed E-state index contributed by atoms with van der Waals surface area (Å²) in [6.07, 6.45) is 2.50. The van der Waals surface area contributed by atoms with Crippen molar-refractivity contribution in [3.8, 4) is 5.75 Å². The molecule has 0 amide bonds. The van der Waals surface area contributed by atoms with Crippen LogP contribution in [0.4, 0.5) is 0 Å². The summed E-state index contributed by atoms with van der Waals surface area (Å²) in [5.74, 6) is 0.202. The van der Waals surface area contributed by atoms with Gasteiger partial charge in [-0.25, -0.2) is 0 Å². The molecule has 1 heterocycles. The summed E-state index contributed by atoms with van der Waals surface area (Å²) >= 11 is 1.42. The Hall–Kier alpha value is -1.33. The number of Topliss-reactive ketones (excluding diaryl/α,β-unsaturated/α-hetero) is 2. The van der Waals surface area contributed by atoms with Crippen LogP contribution in [0.2, 0.25) is 0 Å². The highest BCUT2D eigenvalue weighted by atomic mass is 32.2. The number of hydrogen-bond donors (Lipinski definition) is 1. The van der Waals surface area contributed by atoms with Crippen molar-refractivity contribution < 1.29 is 19.4 Å². The Balaban J connectivity index is 1.85. The predicted molar refractivity (Wildman–Crippen MR) is 76.4 cm³/mol. The molecule has 5 heteroatoms. The van der Waals surface area contributed by atoms with Crippen LogP contribution in [-0.2, 0) is 4.74 Å². The van der Waals surface area contributed by atoms with Crippen LogP contribution in [0.1, 0.15) is 46.9 Å². The number of aromatic hydroxyl groups is 1. The van der Waals surface area contributed by atoms with Gasteiger partial charge in [0.1, 0.15) is 5.75 Å². The number of carbonyl (C=O) groups is 2. The number of fused-ring (bicyclic) bond motifs is 2. The van der Waals surface area contributed by atoms with Crippen molar-refractivity contribution in [1.29, 1.82) is 0 Å². The lowest BCUT2D eigenvalue weighted by molar-refractivity contribution is 0.0909. The molecule has 2 unspecified atom stereocenters. The lowest BCUT2D eigenvalue weighted by atomic mass is 9.88. The normalized spacial score (nSPS) is 27.1. The van der Waals surface area contributed by atoms with Crippen molar-refractivity contribution in [3.05, 3.63) is 29.3 Å². The molecular formula is C15H16O4S. The molecule has 20 heavy (non-hydrogen) atoms. The Labute approximate surface area is 121 Å². The van der Waals surface area contributed by atoms with Gasteiger partial charge in [0.15, 0.2) is 6.10 Å². The number of carbonyl (C=O) groups excluding carboxylic acids is 2. The molecule has 0 aromatic heterocycles. The maximum Gasteiger partial charge on any atom is 0.211 e. The fourth-order valence-electron chi connectivity index (χ4n) is 2.60. The smallest absolute Gasteiger partial charge is 0.211 e. The molecule has 1 aromatic rings. The van der Waals surface area contributed by atoms with E-state index in [0.717, 1.165) is 25.0 Å². The molecule has 1 aromatic carbocycles. The number of ether oxygens (including phenoxy) is 1. The van der Waals surface area contributed by atoms with Crippen LogP contribution in [0.15, 0.2) is 18.2 Å². The summed E-state index contributed by atoms with van der Waals surface area (Å²) in [5, 5.41) is 9.78. The van der Waals surface area contributed by atoms with E-state index >= 15 is 0 Å². The van der Waals surface area contributed by atoms with Crippen LogP contribution >= 0.6 is 11.8 Å². The van der Waals surface area contributed by atoms with Gasteiger partial charge in [0.2, 0.25) is 16.5 Å². The van der Waals surface area contributed by atoms with Crippen LogP contribution in [0, 0.1) is 0 Å². The minimum absolute atomic E-state index is 0.116. The molecule has 0 saturated carbocycles. The zero-order valence-electron chi connectivity index (χ0n) is 11.2. The second-order valence-electron chi connectivity index (χ2n) is 5.11. The van der Waals surface area contributed by atoms with E-state index in [2.05, 4.69) is 6.92 Å². The van der Waals surface area contributed by atoms with Crippen LogP contribution in [0.25, 0.3) is 0 Å². The Bertz CT molecular complexity index is 583. The zero-order chi connectivity index (χ0) is 14.3. The summed E-state index contributed by atoms with van der Waals surface area (Å²) in [6, 6.07) is 4.59. The first kappa shape index (κ1) is 13.6. The summed E-state index contributed by atoms with van der Waals surface area (Å²) in [6.45, 7) is 2.12. The Kier molecular flexibility index (Phi) is 3.34. The van der Waals surface area contributed by atoms with E-state index in [1.54, 1.807) is 12.1 Å². The van der Waals surface area contributed by atoms with E-state index in [-0.39, 0.29) is 28.4 Å². The number of rotatable bonds is 5. The summed E-state index contributed by atoms with van der Waals surface area (Å²) < 4.78 is 5.46. The molecule has 106 valence electrons. The Morgan fingerprint density at radius 1 is 1.35 bits per heavy atom. The van der Waals surface area contributed by atoms with Gasteiger partial charge < -0.3 is 9.84 Å². The van der Waals surface area contributed by atoms with Crippen LogP contribution < -0.4 is 0 Å². The monoisotopic (exact) mass is 292 g/mol.